The smallest absolute Gasteiger partial charge is 0.136 e. The van der Waals surface area contributed by atoms with Gasteiger partial charge in [-0.2, -0.15) is 10.5 Å². The zero-order chi connectivity index (χ0) is 9.68. The van der Waals surface area contributed by atoms with Gasteiger partial charge in [0.1, 0.15) is 5.83 Å². The molecule has 0 bridgehead atoms. The van der Waals surface area contributed by atoms with Crippen molar-refractivity contribution < 1.29 is 4.39 Å². The van der Waals surface area contributed by atoms with E-state index in [2.05, 4.69) is 0 Å². The topological polar surface area (TPSA) is 47.6 Å². The normalized spacial score (nSPS) is 16.1. The molecule has 3 heteroatoms. The first-order chi connectivity index (χ1) is 6.27. The summed E-state index contributed by atoms with van der Waals surface area (Å²) in [4.78, 5) is 0. The minimum atomic E-state index is -0.429. The van der Waals surface area contributed by atoms with Gasteiger partial charge in [-0.05, 0) is 25.3 Å². The predicted molar refractivity (Wildman–Crippen MR) is 45.9 cm³/mol. The number of halogens is 1. The Bertz CT molecular complexity index is 339. The van der Waals surface area contributed by atoms with Gasteiger partial charge in [0.2, 0.25) is 0 Å². The van der Waals surface area contributed by atoms with Crippen LogP contribution in [0.4, 0.5) is 4.39 Å². The predicted octanol–water partition coefficient (Wildman–Crippen LogP) is 2.76. The zero-order valence-corrected chi connectivity index (χ0v) is 7.18. The van der Waals surface area contributed by atoms with Crippen LogP contribution >= 0.6 is 0 Å². The number of rotatable bonds is 2. The molecule has 0 aliphatic heterocycles. The lowest BCUT2D eigenvalue weighted by atomic mass is 9.95. The summed E-state index contributed by atoms with van der Waals surface area (Å²) in [5.74, 6) is -0.429. The average Bonchev–Trinajstić information content (AvgIpc) is 2.15. The first-order valence-electron chi connectivity index (χ1n) is 4.13. The first-order valence-corrected chi connectivity index (χ1v) is 4.13. The van der Waals surface area contributed by atoms with E-state index in [4.69, 9.17) is 10.5 Å². The monoisotopic (exact) mass is 176 g/mol. The molecular formula is C10H9FN2. The SMILES string of the molecule is N#CCCC1=CC(F)=C(C#N)CC1. The fraction of sp³-hybridized carbons (Fsp3) is 0.400. The Morgan fingerprint density at radius 2 is 2.15 bits per heavy atom. The first kappa shape index (κ1) is 9.48. The second kappa shape index (κ2) is 4.42. The van der Waals surface area contributed by atoms with E-state index < -0.39 is 5.83 Å². The van der Waals surface area contributed by atoms with Gasteiger partial charge in [-0.1, -0.05) is 5.57 Å². The molecule has 0 aromatic carbocycles. The molecule has 1 aliphatic carbocycles. The van der Waals surface area contributed by atoms with Crippen molar-refractivity contribution in [3.63, 3.8) is 0 Å². The van der Waals surface area contributed by atoms with Gasteiger partial charge < -0.3 is 0 Å². The Morgan fingerprint density at radius 3 is 2.69 bits per heavy atom. The molecular weight excluding hydrogens is 167 g/mol. The quantitative estimate of drug-likeness (QED) is 0.649. The number of hydrogen-bond donors (Lipinski definition) is 0. The van der Waals surface area contributed by atoms with E-state index in [1.54, 1.807) is 0 Å². The molecule has 0 atom stereocenters. The van der Waals surface area contributed by atoms with Crippen molar-refractivity contribution in [1.82, 2.24) is 0 Å². The standard InChI is InChI=1S/C10H9FN2/c11-10-6-8(2-1-5-12)3-4-9(10)7-13/h6H,1-4H2. The summed E-state index contributed by atoms with van der Waals surface area (Å²) in [6.07, 6.45) is 3.60. The average molecular weight is 176 g/mol. The second-order valence-corrected chi connectivity index (χ2v) is 2.90. The van der Waals surface area contributed by atoms with Crippen LogP contribution in [0.25, 0.3) is 0 Å². The molecule has 1 rings (SSSR count). The van der Waals surface area contributed by atoms with Gasteiger partial charge in [0.05, 0.1) is 17.7 Å². The molecule has 0 aromatic heterocycles. The zero-order valence-electron chi connectivity index (χ0n) is 7.18. The number of hydrogen-bond acceptors (Lipinski definition) is 2. The second-order valence-electron chi connectivity index (χ2n) is 2.90. The van der Waals surface area contributed by atoms with Gasteiger partial charge in [-0.25, -0.2) is 4.39 Å². The lowest BCUT2D eigenvalue weighted by Crippen LogP contribution is -1.95. The van der Waals surface area contributed by atoms with Crippen molar-refractivity contribution in [2.75, 3.05) is 0 Å². The maximum Gasteiger partial charge on any atom is 0.136 e. The molecule has 1 aliphatic rings. The molecule has 0 radical (unpaired) electrons. The van der Waals surface area contributed by atoms with E-state index in [-0.39, 0.29) is 5.57 Å². The summed E-state index contributed by atoms with van der Waals surface area (Å²) in [5, 5.41) is 16.8. The molecule has 0 N–H and O–H groups in total. The highest BCUT2D eigenvalue weighted by atomic mass is 19.1. The molecule has 2 nitrogen and oxygen atoms in total. The molecule has 0 spiro atoms. The van der Waals surface area contributed by atoms with Crippen molar-refractivity contribution >= 4 is 0 Å². The van der Waals surface area contributed by atoms with Crippen LogP contribution < -0.4 is 0 Å². The molecule has 0 saturated carbocycles. The molecule has 0 heterocycles. The molecule has 66 valence electrons. The fourth-order valence-corrected chi connectivity index (χ4v) is 1.27. The molecule has 13 heavy (non-hydrogen) atoms. The molecule has 0 unspecified atom stereocenters. The minimum Gasteiger partial charge on any atom is -0.206 e. The Balaban J connectivity index is 2.69. The van der Waals surface area contributed by atoms with Crippen LogP contribution in [-0.2, 0) is 0 Å². The highest BCUT2D eigenvalue weighted by Crippen LogP contribution is 2.26. The van der Waals surface area contributed by atoms with Crippen LogP contribution in [0.15, 0.2) is 23.0 Å². The fourth-order valence-electron chi connectivity index (χ4n) is 1.27. The summed E-state index contributed by atoms with van der Waals surface area (Å²) in [5.41, 5.74) is 1.15. The lowest BCUT2D eigenvalue weighted by molar-refractivity contribution is 0.633. The van der Waals surface area contributed by atoms with Crippen LogP contribution in [0.5, 0.6) is 0 Å². The van der Waals surface area contributed by atoms with Gasteiger partial charge in [-0.15, -0.1) is 0 Å². The van der Waals surface area contributed by atoms with E-state index in [0.717, 1.165) is 5.57 Å². The molecule has 0 fully saturated rings. The largest absolute Gasteiger partial charge is 0.206 e. The van der Waals surface area contributed by atoms with Crippen molar-refractivity contribution in [3.8, 4) is 12.1 Å². The summed E-state index contributed by atoms with van der Waals surface area (Å²) in [6, 6.07) is 3.84. The van der Waals surface area contributed by atoms with Crippen molar-refractivity contribution in [1.29, 1.82) is 10.5 Å². The maximum absolute atomic E-state index is 13.0. The summed E-state index contributed by atoms with van der Waals surface area (Å²) in [6.45, 7) is 0. The van der Waals surface area contributed by atoms with Gasteiger partial charge >= 0.3 is 0 Å². The minimum absolute atomic E-state index is 0.223. The van der Waals surface area contributed by atoms with Gasteiger partial charge in [0.25, 0.3) is 0 Å². The van der Waals surface area contributed by atoms with Crippen LogP contribution in [0.3, 0.4) is 0 Å². The van der Waals surface area contributed by atoms with Crippen LogP contribution in [0.2, 0.25) is 0 Å². The summed E-state index contributed by atoms with van der Waals surface area (Å²) in [7, 11) is 0. The third-order valence-electron chi connectivity index (χ3n) is 2.01. The summed E-state index contributed by atoms with van der Waals surface area (Å²) < 4.78 is 13.0. The van der Waals surface area contributed by atoms with Crippen molar-refractivity contribution in [2.45, 2.75) is 25.7 Å². The third kappa shape index (κ3) is 2.42. The van der Waals surface area contributed by atoms with Crippen molar-refractivity contribution in [2.24, 2.45) is 0 Å². The van der Waals surface area contributed by atoms with Gasteiger partial charge in [-0.3, -0.25) is 0 Å². The number of nitriles is 2. The van der Waals surface area contributed by atoms with E-state index in [1.165, 1.54) is 6.08 Å². The van der Waals surface area contributed by atoms with Crippen molar-refractivity contribution in [3.05, 3.63) is 23.0 Å². The molecule has 0 amide bonds. The third-order valence-corrected chi connectivity index (χ3v) is 2.01. The number of nitrogens with zero attached hydrogens (tertiary/aromatic N) is 2. The highest BCUT2D eigenvalue weighted by Gasteiger charge is 2.12. The van der Waals surface area contributed by atoms with E-state index in [9.17, 15) is 4.39 Å². The van der Waals surface area contributed by atoms with E-state index in [1.807, 2.05) is 12.1 Å². The Labute approximate surface area is 76.6 Å². The Kier molecular flexibility index (Phi) is 3.23. The van der Waals surface area contributed by atoms with Crippen LogP contribution in [-0.4, -0.2) is 0 Å². The van der Waals surface area contributed by atoms with E-state index in [0.29, 0.717) is 25.7 Å². The Hall–Kier alpha value is -1.61. The van der Waals surface area contributed by atoms with Crippen LogP contribution in [0, 0.1) is 22.7 Å². The molecule has 0 saturated heterocycles. The summed E-state index contributed by atoms with van der Waals surface area (Å²) >= 11 is 0. The van der Waals surface area contributed by atoms with E-state index >= 15 is 0 Å². The highest BCUT2D eigenvalue weighted by molar-refractivity contribution is 5.36. The maximum atomic E-state index is 13.0. The number of allylic oxidation sites excluding steroid dienone is 4. The van der Waals surface area contributed by atoms with Gasteiger partial charge in [0.15, 0.2) is 0 Å². The van der Waals surface area contributed by atoms with Gasteiger partial charge in [0, 0.05) is 6.42 Å². The van der Waals surface area contributed by atoms with Crippen LogP contribution in [0.1, 0.15) is 25.7 Å². The molecule has 0 aromatic rings. The lowest BCUT2D eigenvalue weighted by Gasteiger charge is -2.10. The Morgan fingerprint density at radius 1 is 1.38 bits per heavy atom.